The first-order valence-electron chi connectivity index (χ1n) is 11.7. The average molecular weight is 470 g/mol. The van der Waals surface area contributed by atoms with Crippen molar-refractivity contribution < 1.29 is 15.7 Å². The SMILES string of the molecule is C[C@H]1COCCN1c1nc(OC2CCC(C(=O)N(C)C)CC2)nc(-c2ccc(N)c(C=N)c2)n1.[HH]. The standard InChI is InChI=1S/C24H33N7O3.H2/c1-15-14-33-11-10-31(15)23-27-21(17-6-9-20(26)18(12-17)13-25)28-24(29-23)34-19-7-4-16(5-8-19)22(32)30(2)3;/h6,9,12-13,15-16,19,25H,4-5,7-8,10-11,14,26H2,1-3H3;1H/t15-,16?,19?;/m0./s1. The Hall–Kier alpha value is -3.27. The number of nitrogens with one attached hydrogen (secondary N) is 1. The van der Waals surface area contributed by atoms with Crippen LogP contribution in [0.15, 0.2) is 18.2 Å². The lowest BCUT2D eigenvalue weighted by molar-refractivity contribution is -0.134. The average Bonchev–Trinajstić information content (AvgIpc) is 2.84. The first-order chi connectivity index (χ1) is 16.4. The van der Waals surface area contributed by atoms with Crippen LogP contribution >= 0.6 is 0 Å². The number of nitrogens with two attached hydrogens (primary N) is 1. The van der Waals surface area contributed by atoms with Gasteiger partial charge in [0.25, 0.3) is 0 Å². The number of benzene rings is 1. The van der Waals surface area contributed by atoms with Crippen molar-refractivity contribution >= 4 is 23.8 Å². The predicted molar refractivity (Wildman–Crippen MR) is 132 cm³/mol. The molecule has 1 aliphatic carbocycles. The summed E-state index contributed by atoms with van der Waals surface area (Å²) in [5, 5.41) is 7.63. The Bertz CT molecular complexity index is 1040. The van der Waals surface area contributed by atoms with E-state index in [1.54, 1.807) is 31.1 Å². The van der Waals surface area contributed by atoms with Crippen LogP contribution in [0.5, 0.6) is 6.01 Å². The summed E-state index contributed by atoms with van der Waals surface area (Å²) in [6, 6.07) is 5.78. The van der Waals surface area contributed by atoms with Gasteiger partial charge in [0, 0.05) is 51.0 Å². The molecule has 0 radical (unpaired) electrons. The molecular formula is C24H35N7O3. The van der Waals surface area contributed by atoms with Crippen LogP contribution in [0, 0.1) is 11.3 Å². The molecule has 3 N–H and O–H groups in total. The first kappa shape index (κ1) is 23.9. The number of amides is 1. The van der Waals surface area contributed by atoms with Crippen molar-refractivity contribution in [2.24, 2.45) is 5.92 Å². The minimum absolute atomic E-state index is 0. The van der Waals surface area contributed by atoms with Crippen molar-refractivity contribution in [1.82, 2.24) is 19.9 Å². The van der Waals surface area contributed by atoms with Gasteiger partial charge in [-0.25, -0.2) is 0 Å². The quantitative estimate of drug-likeness (QED) is 0.488. The molecule has 2 aromatic rings. The predicted octanol–water partition coefficient (Wildman–Crippen LogP) is 2.62. The molecule has 1 atom stereocenters. The molecule has 1 aromatic heterocycles. The molecule has 4 rings (SSSR count). The van der Waals surface area contributed by atoms with Gasteiger partial charge in [0.1, 0.15) is 6.10 Å². The third-order valence-electron chi connectivity index (χ3n) is 6.46. The van der Waals surface area contributed by atoms with Gasteiger partial charge in [0.2, 0.25) is 11.9 Å². The Balaban J connectivity index is 0.00000342. The molecule has 1 aromatic carbocycles. The fourth-order valence-corrected chi connectivity index (χ4v) is 4.46. The van der Waals surface area contributed by atoms with Gasteiger partial charge in [-0.05, 0) is 50.8 Å². The number of nitrogens with zero attached hydrogens (tertiary/aromatic N) is 5. The molecule has 0 unspecified atom stereocenters. The lowest BCUT2D eigenvalue weighted by atomic mass is 9.86. The normalized spacial score (nSPS) is 22.8. The van der Waals surface area contributed by atoms with Crippen molar-refractivity contribution in [2.75, 3.05) is 44.5 Å². The number of morpholine rings is 1. The van der Waals surface area contributed by atoms with E-state index in [-0.39, 0.29) is 31.4 Å². The Kier molecular flexibility index (Phi) is 7.26. The number of hydrogen-bond acceptors (Lipinski definition) is 9. The maximum absolute atomic E-state index is 12.3. The molecular weight excluding hydrogens is 434 g/mol. The van der Waals surface area contributed by atoms with E-state index < -0.39 is 0 Å². The second-order valence-corrected chi connectivity index (χ2v) is 9.17. The summed E-state index contributed by atoms with van der Waals surface area (Å²) < 4.78 is 11.8. The van der Waals surface area contributed by atoms with Gasteiger partial charge in [-0.3, -0.25) is 4.79 Å². The Morgan fingerprint density at radius 3 is 2.71 bits per heavy atom. The van der Waals surface area contributed by atoms with Gasteiger partial charge in [-0.1, -0.05) is 0 Å². The summed E-state index contributed by atoms with van der Waals surface area (Å²) in [4.78, 5) is 30.1. The number of carbonyl (C=O) groups excluding carboxylic acids is 1. The van der Waals surface area contributed by atoms with Crippen molar-refractivity contribution in [2.45, 2.75) is 44.8 Å². The molecule has 1 amide bonds. The van der Waals surface area contributed by atoms with E-state index in [0.29, 0.717) is 42.8 Å². The highest BCUT2D eigenvalue weighted by molar-refractivity contribution is 5.87. The van der Waals surface area contributed by atoms with Crippen molar-refractivity contribution in [3.8, 4) is 17.4 Å². The van der Waals surface area contributed by atoms with Crippen LogP contribution in [0.2, 0.25) is 0 Å². The highest BCUT2D eigenvalue weighted by Gasteiger charge is 2.29. The highest BCUT2D eigenvalue weighted by atomic mass is 16.5. The van der Waals surface area contributed by atoms with Crippen molar-refractivity contribution in [3.05, 3.63) is 23.8 Å². The van der Waals surface area contributed by atoms with E-state index in [2.05, 4.69) is 21.8 Å². The smallest absolute Gasteiger partial charge is 0.322 e. The lowest BCUT2D eigenvalue weighted by Gasteiger charge is -2.33. The maximum Gasteiger partial charge on any atom is 0.322 e. The van der Waals surface area contributed by atoms with Crippen LogP contribution in [0.1, 0.15) is 39.6 Å². The lowest BCUT2D eigenvalue weighted by Crippen LogP contribution is -2.44. The van der Waals surface area contributed by atoms with Crippen LogP contribution in [-0.2, 0) is 9.53 Å². The zero-order chi connectivity index (χ0) is 24.2. The monoisotopic (exact) mass is 469 g/mol. The number of aromatic nitrogens is 3. The topological polar surface area (TPSA) is 131 Å². The number of rotatable bonds is 6. The minimum atomic E-state index is -0.0556. The van der Waals surface area contributed by atoms with E-state index in [0.717, 1.165) is 31.2 Å². The fraction of sp³-hybridized carbons (Fsp3) is 0.542. The molecule has 1 aliphatic heterocycles. The Morgan fingerprint density at radius 1 is 1.26 bits per heavy atom. The molecule has 2 aliphatic rings. The Morgan fingerprint density at radius 2 is 2.03 bits per heavy atom. The largest absolute Gasteiger partial charge is 0.460 e. The minimum Gasteiger partial charge on any atom is -0.460 e. The van der Waals surface area contributed by atoms with Crippen LogP contribution in [-0.4, -0.2) is 78.0 Å². The molecule has 10 nitrogen and oxygen atoms in total. The molecule has 1 saturated heterocycles. The van der Waals surface area contributed by atoms with E-state index >= 15 is 0 Å². The van der Waals surface area contributed by atoms with Gasteiger partial charge >= 0.3 is 6.01 Å². The third kappa shape index (κ3) is 5.27. The number of hydrogen-bond donors (Lipinski definition) is 2. The maximum atomic E-state index is 12.3. The van der Waals surface area contributed by atoms with Gasteiger partial charge in [-0.2, -0.15) is 15.0 Å². The zero-order valence-corrected chi connectivity index (χ0v) is 20.0. The summed E-state index contributed by atoms with van der Waals surface area (Å²) in [6.45, 7) is 3.95. The summed E-state index contributed by atoms with van der Waals surface area (Å²) >= 11 is 0. The van der Waals surface area contributed by atoms with Gasteiger partial charge in [0.15, 0.2) is 5.82 Å². The van der Waals surface area contributed by atoms with Crippen LogP contribution in [0.3, 0.4) is 0 Å². The van der Waals surface area contributed by atoms with E-state index in [9.17, 15) is 4.79 Å². The molecule has 0 bridgehead atoms. The summed E-state index contributed by atoms with van der Waals surface area (Å²) in [5.41, 5.74) is 7.83. The molecule has 34 heavy (non-hydrogen) atoms. The van der Waals surface area contributed by atoms with Crippen LogP contribution in [0.25, 0.3) is 11.4 Å². The second kappa shape index (κ2) is 10.3. The molecule has 1 saturated carbocycles. The summed E-state index contributed by atoms with van der Waals surface area (Å²) in [7, 11) is 3.60. The molecule has 184 valence electrons. The molecule has 2 heterocycles. The molecule has 10 heteroatoms. The van der Waals surface area contributed by atoms with Crippen LogP contribution in [0.4, 0.5) is 11.6 Å². The number of ether oxygens (including phenoxy) is 2. The third-order valence-corrected chi connectivity index (χ3v) is 6.46. The van der Waals surface area contributed by atoms with Crippen molar-refractivity contribution in [1.29, 1.82) is 5.41 Å². The zero-order valence-electron chi connectivity index (χ0n) is 20.0. The number of nitrogen functional groups attached to an aromatic ring is 1. The van der Waals surface area contributed by atoms with E-state index in [4.69, 9.17) is 25.6 Å². The summed E-state index contributed by atoms with van der Waals surface area (Å²) in [5.74, 6) is 1.23. The second-order valence-electron chi connectivity index (χ2n) is 9.17. The molecule has 0 spiro atoms. The summed E-state index contributed by atoms with van der Waals surface area (Å²) in [6.07, 6.45) is 4.28. The van der Waals surface area contributed by atoms with Gasteiger partial charge in [-0.15, -0.1) is 0 Å². The van der Waals surface area contributed by atoms with E-state index in [1.807, 2.05) is 6.07 Å². The Labute approximate surface area is 201 Å². The van der Waals surface area contributed by atoms with E-state index in [1.165, 1.54) is 6.21 Å². The number of anilines is 2. The highest BCUT2D eigenvalue weighted by Crippen LogP contribution is 2.30. The van der Waals surface area contributed by atoms with Gasteiger partial charge < -0.3 is 30.4 Å². The number of carbonyl (C=O) groups is 1. The first-order valence-corrected chi connectivity index (χ1v) is 11.7. The van der Waals surface area contributed by atoms with Crippen molar-refractivity contribution in [3.63, 3.8) is 0 Å². The fourth-order valence-electron chi connectivity index (χ4n) is 4.46. The van der Waals surface area contributed by atoms with Crippen LogP contribution < -0.4 is 15.4 Å². The molecule has 2 fully saturated rings. The van der Waals surface area contributed by atoms with Gasteiger partial charge in [0.05, 0.1) is 19.3 Å².